The van der Waals surface area contributed by atoms with Crippen molar-refractivity contribution in [3.63, 3.8) is 0 Å². The van der Waals surface area contributed by atoms with E-state index in [4.69, 9.17) is 10.5 Å². The lowest BCUT2D eigenvalue weighted by Gasteiger charge is -2.43. The third-order valence-electron chi connectivity index (χ3n) is 3.30. The number of hydrogen-bond donors (Lipinski definition) is 3. The second-order valence-electron chi connectivity index (χ2n) is 6.39. The molecule has 1 saturated carbocycles. The Balaban J connectivity index is 2.15. The van der Waals surface area contributed by atoms with Gasteiger partial charge < -0.3 is 15.6 Å². The molecule has 2 rings (SSSR count). The standard InChI is InChI=1S/C15H22N2O3/c1-14(2,3)20-13(19)17-12-7-5-4-6-11(12)15(16)8-10(18)9-15/h4-7,10,18H,8-9,16H2,1-3H3,(H,17,19). The van der Waals surface area contributed by atoms with Crippen molar-refractivity contribution in [3.05, 3.63) is 29.8 Å². The van der Waals surface area contributed by atoms with E-state index in [1.54, 1.807) is 6.07 Å². The summed E-state index contributed by atoms with van der Waals surface area (Å²) in [6, 6.07) is 7.36. The van der Waals surface area contributed by atoms with Crippen LogP contribution in [0.3, 0.4) is 0 Å². The zero-order chi connectivity index (χ0) is 15.0. The van der Waals surface area contributed by atoms with Gasteiger partial charge in [0, 0.05) is 11.2 Å². The van der Waals surface area contributed by atoms with Gasteiger partial charge in [-0.2, -0.15) is 0 Å². The highest BCUT2D eigenvalue weighted by Gasteiger charge is 2.42. The molecule has 0 heterocycles. The van der Waals surface area contributed by atoms with Crippen molar-refractivity contribution in [3.8, 4) is 0 Å². The van der Waals surface area contributed by atoms with Gasteiger partial charge in [0.2, 0.25) is 0 Å². The van der Waals surface area contributed by atoms with Gasteiger partial charge in [-0.15, -0.1) is 0 Å². The predicted octanol–water partition coefficient (Wildman–Crippen LogP) is 2.34. The first-order valence-corrected chi connectivity index (χ1v) is 6.76. The Kier molecular flexibility index (Phi) is 3.75. The first kappa shape index (κ1) is 14.8. The molecule has 20 heavy (non-hydrogen) atoms. The maximum absolute atomic E-state index is 11.9. The summed E-state index contributed by atoms with van der Waals surface area (Å²) < 4.78 is 5.24. The summed E-state index contributed by atoms with van der Waals surface area (Å²) in [6.45, 7) is 5.43. The average Bonchev–Trinajstić information content (AvgIpc) is 2.24. The molecule has 5 heteroatoms. The maximum atomic E-state index is 11.9. The molecule has 0 radical (unpaired) electrons. The molecule has 0 unspecified atom stereocenters. The number of carbonyl (C=O) groups is 1. The number of nitrogens with one attached hydrogen (secondary N) is 1. The van der Waals surface area contributed by atoms with Crippen LogP contribution in [0.25, 0.3) is 0 Å². The Morgan fingerprint density at radius 3 is 2.55 bits per heavy atom. The predicted molar refractivity (Wildman–Crippen MR) is 77.4 cm³/mol. The molecule has 1 fully saturated rings. The third kappa shape index (κ3) is 3.29. The molecule has 1 aliphatic rings. The first-order valence-electron chi connectivity index (χ1n) is 6.76. The molecule has 110 valence electrons. The quantitative estimate of drug-likeness (QED) is 0.775. The van der Waals surface area contributed by atoms with Crippen LogP contribution in [0, 0.1) is 0 Å². The van der Waals surface area contributed by atoms with Crippen molar-refractivity contribution in [2.75, 3.05) is 5.32 Å². The summed E-state index contributed by atoms with van der Waals surface area (Å²) in [5, 5.41) is 12.2. The van der Waals surface area contributed by atoms with Crippen LogP contribution >= 0.6 is 0 Å². The van der Waals surface area contributed by atoms with Crippen LogP contribution < -0.4 is 11.1 Å². The van der Waals surface area contributed by atoms with Crippen LogP contribution in [-0.4, -0.2) is 22.9 Å². The summed E-state index contributed by atoms with van der Waals surface area (Å²) in [6.07, 6.45) is 0.128. The second kappa shape index (κ2) is 5.07. The van der Waals surface area contributed by atoms with Crippen molar-refractivity contribution >= 4 is 11.8 Å². The summed E-state index contributed by atoms with van der Waals surface area (Å²) in [5.41, 5.74) is 6.60. The van der Waals surface area contributed by atoms with Crippen molar-refractivity contribution in [1.29, 1.82) is 0 Å². The number of anilines is 1. The van der Waals surface area contributed by atoms with E-state index in [1.807, 2.05) is 39.0 Å². The SMILES string of the molecule is CC(C)(C)OC(=O)Nc1ccccc1C1(N)CC(O)C1. The minimum atomic E-state index is -0.578. The van der Waals surface area contributed by atoms with Crippen molar-refractivity contribution < 1.29 is 14.6 Å². The second-order valence-corrected chi connectivity index (χ2v) is 6.39. The monoisotopic (exact) mass is 278 g/mol. The van der Waals surface area contributed by atoms with E-state index in [9.17, 15) is 9.90 Å². The average molecular weight is 278 g/mol. The molecule has 0 aliphatic heterocycles. The number of aliphatic hydroxyl groups excluding tert-OH is 1. The number of para-hydroxylation sites is 1. The van der Waals surface area contributed by atoms with Gasteiger partial charge in [0.05, 0.1) is 6.10 Å². The number of rotatable bonds is 2. The van der Waals surface area contributed by atoms with Crippen LogP contribution in [-0.2, 0) is 10.3 Å². The van der Waals surface area contributed by atoms with E-state index in [0.29, 0.717) is 18.5 Å². The van der Waals surface area contributed by atoms with Gasteiger partial charge in [0.25, 0.3) is 0 Å². The number of benzene rings is 1. The molecule has 1 aromatic rings. The van der Waals surface area contributed by atoms with Gasteiger partial charge in [0.15, 0.2) is 0 Å². The maximum Gasteiger partial charge on any atom is 0.412 e. The van der Waals surface area contributed by atoms with Gasteiger partial charge >= 0.3 is 6.09 Å². The van der Waals surface area contributed by atoms with Crippen molar-refractivity contribution in [2.24, 2.45) is 5.73 Å². The molecular weight excluding hydrogens is 256 g/mol. The summed E-state index contributed by atoms with van der Waals surface area (Å²) in [5.74, 6) is 0. The molecule has 0 bridgehead atoms. The molecule has 0 aromatic heterocycles. The van der Waals surface area contributed by atoms with E-state index in [2.05, 4.69) is 5.32 Å². The van der Waals surface area contributed by atoms with Gasteiger partial charge in [-0.05, 0) is 45.2 Å². The van der Waals surface area contributed by atoms with Crippen LogP contribution in [0.1, 0.15) is 39.2 Å². The van der Waals surface area contributed by atoms with E-state index < -0.39 is 17.2 Å². The first-order chi connectivity index (χ1) is 9.20. The van der Waals surface area contributed by atoms with E-state index in [1.165, 1.54) is 0 Å². The normalized spacial score (nSPS) is 25.8. The highest BCUT2D eigenvalue weighted by atomic mass is 16.6. The molecule has 0 saturated heterocycles. The lowest BCUT2D eigenvalue weighted by Crippen LogP contribution is -2.52. The molecular formula is C15H22N2O3. The Morgan fingerprint density at radius 2 is 2.00 bits per heavy atom. The summed E-state index contributed by atoms with van der Waals surface area (Å²) in [4.78, 5) is 11.9. The van der Waals surface area contributed by atoms with Crippen LogP contribution in [0.5, 0.6) is 0 Å². The third-order valence-corrected chi connectivity index (χ3v) is 3.30. The zero-order valence-corrected chi connectivity index (χ0v) is 12.1. The number of carbonyl (C=O) groups excluding carboxylic acids is 1. The highest BCUT2D eigenvalue weighted by Crippen LogP contribution is 2.42. The Hall–Kier alpha value is -1.59. The molecule has 0 atom stereocenters. The Morgan fingerprint density at radius 1 is 1.40 bits per heavy atom. The fourth-order valence-corrected chi connectivity index (χ4v) is 2.44. The Bertz CT molecular complexity index is 502. The molecule has 1 amide bonds. The number of ether oxygens (including phenoxy) is 1. The van der Waals surface area contributed by atoms with Gasteiger partial charge in [-0.1, -0.05) is 18.2 Å². The summed E-state index contributed by atoms with van der Waals surface area (Å²) >= 11 is 0. The highest BCUT2D eigenvalue weighted by molar-refractivity contribution is 5.86. The Labute approximate surface area is 119 Å². The fourth-order valence-electron chi connectivity index (χ4n) is 2.44. The van der Waals surface area contributed by atoms with Crippen LogP contribution in [0.4, 0.5) is 10.5 Å². The van der Waals surface area contributed by atoms with Gasteiger partial charge in [0.1, 0.15) is 5.60 Å². The van der Waals surface area contributed by atoms with E-state index >= 15 is 0 Å². The minimum absolute atomic E-state index is 0.366. The number of aliphatic hydroxyl groups is 1. The molecule has 4 N–H and O–H groups in total. The van der Waals surface area contributed by atoms with Gasteiger partial charge in [-0.3, -0.25) is 5.32 Å². The lowest BCUT2D eigenvalue weighted by molar-refractivity contribution is 0.0213. The topological polar surface area (TPSA) is 84.6 Å². The lowest BCUT2D eigenvalue weighted by atomic mass is 9.70. The fraction of sp³-hybridized carbons (Fsp3) is 0.533. The van der Waals surface area contributed by atoms with Crippen molar-refractivity contribution in [2.45, 2.75) is 50.9 Å². The molecule has 0 spiro atoms. The number of nitrogens with two attached hydrogens (primary N) is 1. The van der Waals surface area contributed by atoms with E-state index in [0.717, 1.165) is 5.56 Å². The minimum Gasteiger partial charge on any atom is -0.444 e. The number of hydrogen-bond acceptors (Lipinski definition) is 4. The van der Waals surface area contributed by atoms with Crippen LogP contribution in [0.15, 0.2) is 24.3 Å². The molecule has 1 aliphatic carbocycles. The van der Waals surface area contributed by atoms with Gasteiger partial charge in [-0.25, -0.2) is 4.79 Å². The molecule has 1 aromatic carbocycles. The zero-order valence-electron chi connectivity index (χ0n) is 12.1. The van der Waals surface area contributed by atoms with E-state index in [-0.39, 0.29) is 6.10 Å². The number of amides is 1. The smallest absolute Gasteiger partial charge is 0.412 e. The van der Waals surface area contributed by atoms with Crippen molar-refractivity contribution in [1.82, 2.24) is 0 Å². The molecule has 5 nitrogen and oxygen atoms in total. The summed E-state index contributed by atoms with van der Waals surface area (Å²) in [7, 11) is 0. The van der Waals surface area contributed by atoms with Crippen LogP contribution in [0.2, 0.25) is 0 Å². The largest absolute Gasteiger partial charge is 0.444 e.